The zero-order valence-corrected chi connectivity index (χ0v) is 11.4. The van der Waals surface area contributed by atoms with Crippen LogP contribution in [0.4, 0.5) is 5.69 Å². The summed E-state index contributed by atoms with van der Waals surface area (Å²) in [6.07, 6.45) is 0.826. The number of thiophene rings is 1. The molecule has 0 fully saturated rings. The highest BCUT2D eigenvalue weighted by molar-refractivity contribution is 7.17. The summed E-state index contributed by atoms with van der Waals surface area (Å²) >= 11 is 1.40. The molecule has 2 rings (SSSR count). The smallest absolute Gasteiger partial charge is 0.335 e. The Bertz CT molecular complexity index is 614. The van der Waals surface area contributed by atoms with Crippen LogP contribution in [-0.2, 0) is 0 Å². The van der Waals surface area contributed by atoms with Gasteiger partial charge in [-0.3, -0.25) is 4.79 Å². The lowest BCUT2D eigenvalue weighted by molar-refractivity contribution is 0.0696. The lowest BCUT2D eigenvalue weighted by Gasteiger charge is -2.13. The Labute approximate surface area is 114 Å². The van der Waals surface area contributed by atoms with Gasteiger partial charge in [-0.2, -0.15) is 0 Å². The van der Waals surface area contributed by atoms with Crippen LogP contribution in [0.5, 0.6) is 0 Å². The number of rotatable bonds is 4. The van der Waals surface area contributed by atoms with Gasteiger partial charge in [0.1, 0.15) is 0 Å². The normalized spacial score (nSPS) is 10.2. The fraction of sp³-hybridized carbons (Fsp3) is 0.143. The third kappa shape index (κ3) is 2.66. The van der Waals surface area contributed by atoms with E-state index in [1.165, 1.54) is 11.3 Å². The Morgan fingerprint density at radius 2 is 1.89 bits per heavy atom. The Morgan fingerprint density at radius 1 is 1.26 bits per heavy atom. The zero-order valence-electron chi connectivity index (χ0n) is 10.6. The number of aldehydes is 1. The molecule has 0 saturated carbocycles. The van der Waals surface area contributed by atoms with Crippen molar-refractivity contribution in [3.05, 3.63) is 40.8 Å². The first-order valence-electron chi connectivity index (χ1n) is 5.63. The van der Waals surface area contributed by atoms with Gasteiger partial charge in [0.15, 0.2) is 6.29 Å². The van der Waals surface area contributed by atoms with E-state index in [9.17, 15) is 9.59 Å². The lowest BCUT2D eigenvalue weighted by Crippen LogP contribution is -2.08. The fourth-order valence-corrected chi connectivity index (χ4v) is 2.82. The molecule has 0 spiro atoms. The average molecular weight is 275 g/mol. The van der Waals surface area contributed by atoms with Crippen molar-refractivity contribution in [2.24, 2.45) is 0 Å². The molecule has 0 unspecified atom stereocenters. The van der Waals surface area contributed by atoms with Crippen LogP contribution in [0, 0.1) is 0 Å². The van der Waals surface area contributed by atoms with Gasteiger partial charge in [0.2, 0.25) is 0 Å². The van der Waals surface area contributed by atoms with Gasteiger partial charge in [-0.25, -0.2) is 4.79 Å². The van der Waals surface area contributed by atoms with E-state index < -0.39 is 5.97 Å². The maximum atomic E-state index is 10.9. The van der Waals surface area contributed by atoms with Gasteiger partial charge in [-0.05, 0) is 23.8 Å². The van der Waals surface area contributed by atoms with E-state index in [-0.39, 0.29) is 5.56 Å². The average Bonchev–Trinajstić information content (AvgIpc) is 2.83. The molecule has 0 aliphatic rings. The van der Waals surface area contributed by atoms with E-state index in [0.29, 0.717) is 4.88 Å². The summed E-state index contributed by atoms with van der Waals surface area (Å²) in [6, 6.07) is 8.49. The summed E-state index contributed by atoms with van der Waals surface area (Å²) in [7, 11) is 3.82. The van der Waals surface area contributed by atoms with Crippen molar-refractivity contribution >= 4 is 29.3 Å². The SMILES string of the molecule is CN(C)c1cc(C=O)sc1-c1ccc(C(=O)O)cc1. The second-order valence-corrected chi connectivity index (χ2v) is 5.34. The molecule has 98 valence electrons. The molecule has 5 heteroatoms. The molecule has 0 radical (unpaired) electrons. The molecule has 0 aliphatic carbocycles. The molecule has 19 heavy (non-hydrogen) atoms. The van der Waals surface area contributed by atoms with Crippen molar-refractivity contribution < 1.29 is 14.7 Å². The molecule has 1 N–H and O–H groups in total. The number of hydrogen-bond donors (Lipinski definition) is 1. The van der Waals surface area contributed by atoms with Crippen LogP contribution in [0.3, 0.4) is 0 Å². The Morgan fingerprint density at radius 3 is 2.37 bits per heavy atom. The number of carbonyl (C=O) groups is 2. The van der Waals surface area contributed by atoms with Crippen molar-refractivity contribution in [2.75, 3.05) is 19.0 Å². The molecule has 0 saturated heterocycles. The number of hydrogen-bond acceptors (Lipinski definition) is 4. The van der Waals surface area contributed by atoms with Gasteiger partial charge in [0, 0.05) is 14.1 Å². The summed E-state index contributed by atoms with van der Waals surface area (Å²) in [6.45, 7) is 0. The quantitative estimate of drug-likeness (QED) is 0.871. The van der Waals surface area contributed by atoms with Crippen molar-refractivity contribution in [1.29, 1.82) is 0 Å². The van der Waals surface area contributed by atoms with E-state index >= 15 is 0 Å². The van der Waals surface area contributed by atoms with E-state index in [0.717, 1.165) is 22.4 Å². The minimum Gasteiger partial charge on any atom is -0.478 e. The first kappa shape index (κ1) is 13.3. The molecule has 1 aromatic carbocycles. The van der Waals surface area contributed by atoms with E-state index in [4.69, 9.17) is 5.11 Å². The third-order valence-electron chi connectivity index (χ3n) is 2.72. The van der Waals surface area contributed by atoms with Gasteiger partial charge < -0.3 is 10.0 Å². The Balaban J connectivity index is 2.48. The van der Waals surface area contributed by atoms with Crippen molar-refractivity contribution in [3.8, 4) is 10.4 Å². The number of nitrogens with zero attached hydrogens (tertiary/aromatic N) is 1. The summed E-state index contributed by atoms with van der Waals surface area (Å²) in [5, 5.41) is 8.88. The molecule has 0 bridgehead atoms. The number of carbonyl (C=O) groups excluding carboxylic acids is 1. The summed E-state index contributed by atoms with van der Waals surface area (Å²) in [4.78, 5) is 25.3. The monoisotopic (exact) mass is 275 g/mol. The number of aromatic carboxylic acids is 1. The maximum Gasteiger partial charge on any atom is 0.335 e. The van der Waals surface area contributed by atoms with Gasteiger partial charge in [0.05, 0.1) is 21.0 Å². The van der Waals surface area contributed by atoms with Gasteiger partial charge in [0.25, 0.3) is 0 Å². The molecule has 1 aromatic heterocycles. The second-order valence-electron chi connectivity index (χ2n) is 4.26. The van der Waals surface area contributed by atoms with Crippen molar-refractivity contribution in [3.63, 3.8) is 0 Å². The topological polar surface area (TPSA) is 57.6 Å². The van der Waals surface area contributed by atoms with Gasteiger partial charge in [-0.1, -0.05) is 12.1 Å². The molecule has 1 heterocycles. The summed E-state index contributed by atoms with van der Waals surface area (Å²) in [5.41, 5.74) is 2.12. The van der Waals surface area contributed by atoms with Crippen molar-refractivity contribution in [2.45, 2.75) is 0 Å². The third-order valence-corrected chi connectivity index (χ3v) is 3.82. The Kier molecular flexibility index (Phi) is 3.66. The molecule has 4 nitrogen and oxygen atoms in total. The van der Waals surface area contributed by atoms with E-state index in [1.807, 2.05) is 25.1 Å². The molecular formula is C14H13NO3S. The predicted octanol–water partition coefficient (Wildman–Crippen LogP) is 2.99. The Hall–Kier alpha value is -2.14. The molecular weight excluding hydrogens is 262 g/mol. The largest absolute Gasteiger partial charge is 0.478 e. The molecule has 0 amide bonds. The van der Waals surface area contributed by atoms with Gasteiger partial charge in [-0.15, -0.1) is 11.3 Å². The van der Waals surface area contributed by atoms with Gasteiger partial charge >= 0.3 is 5.97 Å². The second kappa shape index (κ2) is 5.24. The van der Waals surface area contributed by atoms with E-state index in [2.05, 4.69) is 0 Å². The highest BCUT2D eigenvalue weighted by Gasteiger charge is 2.13. The van der Waals surface area contributed by atoms with Crippen molar-refractivity contribution in [1.82, 2.24) is 0 Å². The standard InChI is InChI=1S/C14H13NO3S/c1-15(2)12-7-11(8-16)19-13(12)9-3-5-10(6-4-9)14(17)18/h3-8H,1-2H3,(H,17,18). The van der Waals surface area contributed by atoms with Crippen LogP contribution in [0.1, 0.15) is 20.0 Å². The van der Waals surface area contributed by atoms with Crippen LogP contribution in [-0.4, -0.2) is 31.5 Å². The minimum absolute atomic E-state index is 0.252. The molecule has 0 atom stereocenters. The number of carboxylic acids is 1. The highest BCUT2D eigenvalue weighted by atomic mass is 32.1. The minimum atomic E-state index is -0.945. The molecule has 0 aliphatic heterocycles. The first-order chi connectivity index (χ1) is 9.02. The zero-order chi connectivity index (χ0) is 14.0. The first-order valence-corrected chi connectivity index (χ1v) is 6.44. The number of benzene rings is 1. The van der Waals surface area contributed by atoms with Crippen LogP contribution >= 0.6 is 11.3 Å². The van der Waals surface area contributed by atoms with Crippen LogP contribution < -0.4 is 4.90 Å². The van der Waals surface area contributed by atoms with Crippen LogP contribution in [0.25, 0.3) is 10.4 Å². The number of anilines is 1. The highest BCUT2D eigenvalue weighted by Crippen LogP contribution is 2.37. The van der Waals surface area contributed by atoms with Crippen LogP contribution in [0.2, 0.25) is 0 Å². The van der Waals surface area contributed by atoms with Crippen LogP contribution in [0.15, 0.2) is 30.3 Å². The number of carboxylic acid groups (broad SMARTS) is 1. The van der Waals surface area contributed by atoms with E-state index in [1.54, 1.807) is 24.3 Å². The fourth-order valence-electron chi connectivity index (χ4n) is 1.76. The maximum absolute atomic E-state index is 10.9. The lowest BCUT2D eigenvalue weighted by atomic mass is 10.1. The molecule has 2 aromatic rings. The summed E-state index contributed by atoms with van der Waals surface area (Å²) < 4.78 is 0. The predicted molar refractivity (Wildman–Crippen MR) is 76.4 cm³/mol. The summed E-state index contributed by atoms with van der Waals surface area (Å²) in [5.74, 6) is -0.945.